The van der Waals surface area contributed by atoms with E-state index in [0.717, 1.165) is 5.56 Å². The van der Waals surface area contributed by atoms with Gasteiger partial charge in [-0.15, -0.1) is 0 Å². The lowest BCUT2D eigenvalue weighted by Gasteiger charge is -2.21. The van der Waals surface area contributed by atoms with Gasteiger partial charge in [-0.05, 0) is 24.6 Å². The minimum atomic E-state index is -2.34. The maximum Gasteiger partial charge on any atom is 0.250 e. The Balaban J connectivity index is 2.05. The molecule has 0 aromatic heterocycles. The van der Waals surface area contributed by atoms with Gasteiger partial charge in [-0.25, -0.2) is 8.78 Å². The van der Waals surface area contributed by atoms with Gasteiger partial charge in [0.1, 0.15) is 13.2 Å². The van der Waals surface area contributed by atoms with E-state index in [9.17, 15) is 8.78 Å². The van der Waals surface area contributed by atoms with Crippen LogP contribution in [0.3, 0.4) is 0 Å². The van der Waals surface area contributed by atoms with Crippen LogP contribution in [-0.4, -0.2) is 26.2 Å². The minimum Gasteiger partial charge on any atom is -0.486 e. The van der Waals surface area contributed by atoms with Gasteiger partial charge in [0, 0.05) is 6.04 Å². The third-order valence-corrected chi connectivity index (χ3v) is 2.64. The van der Waals surface area contributed by atoms with Crippen LogP contribution in [0.2, 0.25) is 0 Å². The van der Waals surface area contributed by atoms with Gasteiger partial charge >= 0.3 is 0 Å². The van der Waals surface area contributed by atoms with Crippen LogP contribution in [0, 0.1) is 0 Å². The van der Waals surface area contributed by atoms with Crippen molar-refractivity contribution in [1.82, 2.24) is 5.32 Å². The Labute approximate surface area is 98.7 Å². The van der Waals surface area contributed by atoms with E-state index in [-0.39, 0.29) is 12.6 Å². The molecule has 1 aromatic carbocycles. The molecule has 94 valence electrons. The van der Waals surface area contributed by atoms with E-state index < -0.39 is 6.43 Å². The van der Waals surface area contributed by atoms with Gasteiger partial charge in [0.15, 0.2) is 11.5 Å². The zero-order chi connectivity index (χ0) is 12.3. The number of halogens is 2. The van der Waals surface area contributed by atoms with Crippen molar-refractivity contribution in [2.75, 3.05) is 19.8 Å². The average molecular weight is 243 g/mol. The topological polar surface area (TPSA) is 30.5 Å². The fraction of sp³-hybridized carbons (Fsp3) is 0.500. The molecular weight excluding hydrogens is 228 g/mol. The summed E-state index contributed by atoms with van der Waals surface area (Å²) in [6.07, 6.45) is -2.34. The van der Waals surface area contributed by atoms with Gasteiger partial charge in [-0.2, -0.15) is 0 Å². The summed E-state index contributed by atoms with van der Waals surface area (Å²) >= 11 is 0. The lowest BCUT2D eigenvalue weighted by Crippen LogP contribution is -2.24. The first-order valence-corrected chi connectivity index (χ1v) is 5.58. The average Bonchev–Trinajstić information content (AvgIpc) is 2.35. The number of nitrogens with one attached hydrogen (secondary N) is 1. The van der Waals surface area contributed by atoms with Crippen LogP contribution in [0.25, 0.3) is 0 Å². The van der Waals surface area contributed by atoms with Crippen molar-refractivity contribution in [1.29, 1.82) is 0 Å². The molecule has 1 aliphatic heterocycles. The predicted molar refractivity (Wildman–Crippen MR) is 59.9 cm³/mol. The molecular formula is C12H15F2NO2. The van der Waals surface area contributed by atoms with E-state index in [1.54, 1.807) is 0 Å². The van der Waals surface area contributed by atoms with Crippen LogP contribution >= 0.6 is 0 Å². The Morgan fingerprint density at radius 1 is 1.24 bits per heavy atom. The van der Waals surface area contributed by atoms with Crippen LogP contribution in [0.5, 0.6) is 11.5 Å². The van der Waals surface area contributed by atoms with E-state index in [2.05, 4.69) is 5.32 Å². The molecule has 0 fully saturated rings. The molecule has 1 N–H and O–H groups in total. The molecule has 1 unspecified atom stereocenters. The maximum absolute atomic E-state index is 12.1. The molecule has 0 bridgehead atoms. The van der Waals surface area contributed by atoms with E-state index in [0.29, 0.717) is 24.7 Å². The zero-order valence-corrected chi connectivity index (χ0v) is 9.58. The largest absolute Gasteiger partial charge is 0.486 e. The standard InChI is InChI=1S/C12H15F2NO2/c1-8(15-7-12(13)14)9-2-3-10-11(6-9)17-5-4-16-10/h2-3,6,8,12,15H,4-5,7H2,1H3. The molecule has 0 saturated carbocycles. The SMILES string of the molecule is CC(NCC(F)F)c1ccc2c(c1)OCCO2. The van der Waals surface area contributed by atoms with E-state index in [1.807, 2.05) is 25.1 Å². The van der Waals surface area contributed by atoms with E-state index >= 15 is 0 Å². The number of benzene rings is 1. The molecule has 1 aromatic rings. The highest BCUT2D eigenvalue weighted by Crippen LogP contribution is 2.32. The Kier molecular flexibility index (Phi) is 3.78. The number of ether oxygens (including phenoxy) is 2. The first kappa shape index (κ1) is 12.1. The van der Waals surface area contributed by atoms with Crippen molar-refractivity contribution < 1.29 is 18.3 Å². The zero-order valence-electron chi connectivity index (χ0n) is 9.58. The minimum absolute atomic E-state index is 0.139. The second-order valence-electron chi connectivity index (χ2n) is 3.92. The summed E-state index contributed by atoms with van der Waals surface area (Å²) in [5.74, 6) is 1.39. The summed E-state index contributed by atoms with van der Waals surface area (Å²) in [6.45, 7) is 2.60. The van der Waals surface area contributed by atoms with Crippen molar-refractivity contribution in [3.8, 4) is 11.5 Å². The van der Waals surface area contributed by atoms with Crippen LogP contribution in [0.15, 0.2) is 18.2 Å². The Morgan fingerprint density at radius 2 is 1.94 bits per heavy atom. The highest BCUT2D eigenvalue weighted by molar-refractivity contribution is 5.44. The van der Waals surface area contributed by atoms with Crippen molar-refractivity contribution in [2.24, 2.45) is 0 Å². The molecule has 1 heterocycles. The summed E-state index contributed by atoms with van der Waals surface area (Å²) in [4.78, 5) is 0. The summed E-state index contributed by atoms with van der Waals surface area (Å²) < 4.78 is 35.0. The Bertz CT molecular complexity index is 385. The maximum atomic E-state index is 12.1. The monoisotopic (exact) mass is 243 g/mol. The predicted octanol–water partition coefficient (Wildman–Crippen LogP) is 2.37. The number of hydrogen-bond acceptors (Lipinski definition) is 3. The molecule has 1 atom stereocenters. The second-order valence-corrected chi connectivity index (χ2v) is 3.92. The number of fused-ring (bicyclic) bond motifs is 1. The number of hydrogen-bond donors (Lipinski definition) is 1. The van der Waals surface area contributed by atoms with Gasteiger partial charge in [0.25, 0.3) is 6.43 Å². The number of alkyl halides is 2. The lowest BCUT2D eigenvalue weighted by molar-refractivity contribution is 0.142. The summed E-state index contributed by atoms with van der Waals surface area (Å²) in [6, 6.07) is 5.36. The van der Waals surface area contributed by atoms with Crippen molar-refractivity contribution in [2.45, 2.75) is 19.4 Å². The van der Waals surface area contributed by atoms with Crippen LogP contribution in [0.1, 0.15) is 18.5 Å². The van der Waals surface area contributed by atoms with Gasteiger partial charge < -0.3 is 14.8 Å². The van der Waals surface area contributed by atoms with Crippen molar-refractivity contribution in [3.05, 3.63) is 23.8 Å². The second kappa shape index (κ2) is 5.31. The molecule has 0 amide bonds. The van der Waals surface area contributed by atoms with Crippen LogP contribution in [-0.2, 0) is 0 Å². The quantitative estimate of drug-likeness (QED) is 0.880. The van der Waals surface area contributed by atoms with E-state index in [1.165, 1.54) is 0 Å². The van der Waals surface area contributed by atoms with Crippen molar-refractivity contribution >= 4 is 0 Å². The molecule has 2 rings (SSSR count). The highest BCUT2D eigenvalue weighted by Gasteiger charge is 2.15. The molecule has 0 spiro atoms. The fourth-order valence-electron chi connectivity index (χ4n) is 1.71. The van der Waals surface area contributed by atoms with Crippen LogP contribution < -0.4 is 14.8 Å². The van der Waals surface area contributed by atoms with Crippen molar-refractivity contribution in [3.63, 3.8) is 0 Å². The van der Waals surface area contributed by atoms with Gasteiger partial charge in [0.2, 0.25) is 0 Å². The first-order chi connectivity index (χ1) is 8.16. The molecule has 0 saturated heterocycles. The summed E-state index contributed by atoms with van der Waals surface area (Å²) in [5.41, 5.74) is 0.912. The fourth-order valence-corrected chi connectivity index (χ4v) is 1.71. The van der Waals surface area contributed by atoms with Crippen LogP contribution in [0.4, 0.5) is 8.78 Å². The molecule has 0 radical (unpaired) electrons. The smallest absolute Gasteiger partial charge is 0.250 e. The lowest BCUT2D eigenvalue weighted by atomic mass is 10.1. The molecule has 1 aliphatic rings. The molecule has 5 heteroatoms. The molecule has 0 aliphatic carbocycles. The normalized spacial score (nSPS) is 16.0. The summed E-state index contributed by atoms with van der Waals surface area (Å²) in [7, 11) is 0. The first-order valence-electron chi connectivity index (χ1n) is 5.58. The molecule has 3 nitrogen and oxygen atoms in total. The molecule has 17 heavy (non-hydrogen) atoms. The number of rotatable bonds is 4. The summed E-state index contributed by atoms with van der Waals surface area (Å²) in [5, 5.41) is 2.76. The Morgan fingerprint density at radius 3 is 2.65 bits per heavy atom. The Hall–Kier alpha value is -1.36. The third kappa shape index (κ3) is 3.06. The van der Waals surface area contributed by atoms with E-state index in [4.69, 9.17) is 9.47 Å². The third-order valence-electron chi connectivity index (χ3n) is 2.64. The van der Waals surface area contributed by atoms with Gasteiger partial charge in [-0.1, -0.05) is 6.07 Å². The highest BCUT2D eigenvalue weighted by atomic mass is 19.3. The van der Waals surface area contributed by atoms with Gasteiger partial charge in [0.05, 0.1) is 6.54 Å². The van der Waals surface area contributed by atoms with Gasteiger partial charge in [-0.3, -0.25) is 0 Å².